The Morgan fingerprint density at radius 2 is 2.26 bits per heavy atom. The monoisotopic (exact) mass is 297 g/mol. The van der Waals surface area contributed by atoms with Crippen molar-refractivity contribution in [2.45, 2.75) is 20.0 Å². The van der Waals surface area contributed by atoms with Crippen molar-refractivity contribution >= 4 is 28.6 Å². The van der Waals surface area contributed by atoms with E-state index >= 15 is 0 Å². The number of rotatable bonds is 5. The lowest BCUT2D eigenvalue weighted by Crippen LogP contribution is -2.13. The molecule has 0 fully saturated rings. The third-order valence-electron chi connectivity index (χ3n) is 2.56. The molecule has 0 saturated heterocycles. The number of nitro groups is 1. The highest BCUT2D eigenvalue weighted by atomic mass is 35.5. The third-order valence-corrected chi connectivity index (χ3v) is 3.83. The topological polar surface area (TPSA) is 68.1 Å². The van der Waals surface area contributed by atoms with Gasteiger partial charge in [0.2, 0.25) is 0 Å². The highest BCUT2D eigenvalue weighted by molar-refractivity contribution is 7.11. The maximum Gasteiger partial charge on any atom is 0.275 e. The van der Waals surface area contributed by atoms with Crippen LogP contribution >= 0.6 is 22.9 Å². The van der Waals surface area contributed by atoms with Crippen molar-refractivity contribution < 1.29 is 4.92 Å². The van der Waals surface area contributed by atoms with Crippen LogP contribution in [-0.2, 0) is 13.1 Å². The van der Waals surface area contributed by atoms with Crippen LogP contribution in [0.2, 0.25) is 5.02 Å². The van der Waals surface area contributed by atoms with Crippen LogP contribution in [0.5, 0.6) is 0 Å². The molecule has 0 spiro atoms. The molecule has 0 radical (unpaired) electrons. The average molecular weight is 298 g/mol. The second-order valence-corrected chi connectivity index (χ2v) is 5.67. The van der Waals surface area contributed by atoms with E-state index in [2.05, 4.69) is 10.3 Å². The lowest BCUT2D eigenvalue weighted by atomic mass is 10.2. The predicted molar refractivity (Wildman–Crippen MR) is 75.5 cm³/mol. The molecule has 0 aliphatic heterocycles. The Morgan fingerprint density at radius 3 is 2.89 bits per heavy atom. The Bertz CT molecular complexity index is 600. The number of nitrogens with one attached hydrogen (secondary N) is 1. The summed E-state index contributed by atoms with van der Waals surface area (Å²) in [5.74, 6) is 0. The maximum absolute atomic E-state index is 10.9. The molecule has 0 amide bonds. The van der Waals surface area contributed by atoms with Crippen LogP contribution in [0.1, 0.15) is 15.4 Å². The highest BCUT2D eigenvalue weighted by Gasteiger charge is 2.15. The van der Waals surface area contributed by atoms with Gasteiger partial charge in [-0.05, 0) is 13.0 Å². The summed E-state index contributed by atoms with van der Waals surface area (Å²) in [6.07, 6.45) is 1.80. The molecule has 5 nitrogen and oxygen atoms in total. The van der Waals surface area contributed by atoms with E-state index in [1.165, 1.54) is 6.07 Å². The summed E-state index contributed by atoms with van der Waals surface area (Å²) in [5.41, 5.74) is 0.552. The van der Waals surface area contributed by atoms with Crippen molar-refractivity contribution in [3.8, 4) is 0 Å². The van der Waals surface area contributed by atoms with Crippen molar-refractivity contribution in [3.63, 3.8) is 0 Å². The number of aromatic nitrogens is 1. The van der Waals surface area contributed by atoms with E-state index in [-0.39, 0.29) is 5.69 Å². The Labute approximate surface area is 119 Å². The van der Waals surface area contributed by atoms with Crippen molar-refractivity contribution in [2.24, 2.45) is 0 Å². The summed E-state index contributed by atoms with van der Waals surface area (Å²) in [6, 6.07) is 4.69. The first kappa shape index (κ1) is 13.9. The molecule has 1 aromatic heterocycles. The van der Waals surface area contributed by atoms with E-state index in [9.17, 15) is 10.1 Å². The third kappa shape index (κ3) is 3.50. The number of benzene rings is 1. The van der Waals surface area contributed by atoms with Gasteiger partial charge in [0.1, 0.15) is 0 Å². The number of hydrogen-bond acceptors (Lipinski definition) is 5. The summed E-state index contributed by atoms with van der Waals surface area (Å²) in [4.78, 5) is 15.7. The van der Waals surface area contributed by atoms with Crippen molar-refractivity contribution in [1.82, 2.24) is 10.3 Å². The zero-order chi connectivity index (χ0) is 13.8. The first-order valence-electron chi connectivity index (χ1n) is 5.61. The van der Waals surface area contributed by atoms with Gasteiger partial charge in [0.15, 0.2) is 0 Å². The van der Waals surface area contributed by atoms with E-state index in [1.54, 1.807) is 29.7 Å². The summed E-state index contributed by atoms with van der Waals surface area (Å²) in [5, 5.41) is 15.5. The fraction of sp³-hybridized carbons (Fsp3) is 0.250. The number of thiazole rings is 1. The molecule has 1 N–H and O–H groups in total. The molecule has 0 atom stereocenters. The van der Waals surface area contributed by atoms with Crippen molar-refractivity contribution in [3.05, 3.63) is 55.0 Å². The van der Waals surface area contributed by atoms with Gasteiger partial charge < -0.3 is 5.32 Å². The number of aryl methyl sites for hydroxylation is 1. The van der Waals surface area contributed by atoms with Gasteiger partial charge in [-0.2, -0.15) is 0 Å². The van der Waals surface area contributed by atoms with Crippen molar-refractivity contribution in [2.75, 3.05) is 0 Å². The van der Waals surface area contributed by atoms with Gasteiger partial charge in [-0.1, -0.05) is 17.7 Å². The molecule has 0 bridgehead atoms. The molecule has 2 rings (SSSR count). The number of nitrogens with zero attached hydrogens (tertiary/aromatic N) is 2. The van der Waals surface area contributed by atoms with E-state index < -0.39 is 4.92 Å². The van der Waals surface area contributed by atoms with Crippen LogP contribution in [-0.4, -0.2) is 9.91 Å². The quantitative estimate of drug-likeness (QED) is 0.679. The smallest absolute Gasteiger partial charge is 0.275 e. The fourth-order valence-corrected chi connectivity index (χ4v) is 2.69. The van der Waals surface area contributed by atoms with E-state index in [1.807, 2.05) is 6.92 Å². The Morgan fingerprint density at radius 1 is 1.47 bits per heavy atom. The molecule has 2 aromatic rings. The maximum atomic E-state index is 10.9. The molecule has 0 aliphatic carbocycles. The van der Waals surface area contributed by atoms with Crippen LogP contribution in [0.4, 0.5) is 5.69 Å². The van der Waals surface area contributed by atoms with Gasteiger partial charge in [0.25, 0.3) is 5.69 Å². The Hall–Kier alpha value is -1.50. The zero-order valence-electron chi connectivity index (χ0n) is 10.2. The molecule has 1 aromatic carbocycles. The predicted octanol–water partition coefficient (Wildman–Crippen LogP) is 3.30. The largest absolute Gasteiger partial charge is 0.307 e. The minimum atomic E-state index is -0.417. The molecular formula is C12H12ClN3O2S. The van der Waals surface area contributed by atoms with Gasteiger partial charge in [-0.15, -0.1) is 11.3 Å². The van der Waals surface area contributed by atoms with E-state index in [4.69, 9.17) is 11.6 Å². The second-order valence-electron chi connectivity index (χ2n) is 3.94. The molecule has 0 saturated carbocycles. The fourth-order valence-electron chi connectivity index (χ4n) is 1.69. The SMILES string of the molecule is Cc1ncc(CNCc2c(Cl)cccc2[N+](=O)[O-])s1. The second kappa shape index (κ2) is 6.10. The van der Waals surface area contributed by atoms with Crippen molar-refractivity contribution in [1.29, 1.82) is 0 Å². The van der Waals surface area contributed by atoms with Crippen LogP contribution in [0.3, 0.4) is 0 Å². The van der Waals surface area contributed by atoms with Crippen LogP contribution in [0.25, 0.3) is 0 Å². The summed E-state index contributed by atoms with van der Waals surface area (Å²) in [7, 11) is 0. The molecule has 19 heavy (non-hydrogen) atoms. The van der Waals surface area contributed by atoms with E-state index in [0.29, 0.717) is 23.7 Å². The summed E-state index contributed by atoms with van der Waals surface area (Å²) < 4.78 is 0. The summed E-state index contributed by atoms with van der Waals surface area (Å²) in [6.45, 7) is 2.91. The number of hydrogen-bond donors (Lipinski definition) is 1. The number of nitro benzene ring substituents is 1. The molecule has 100 valence electrons. The van der Waals surface area contributed by atoms with Gasteiger partial charge in [0.05, 0.1) is 20.5 Å². The van der Waals surface area contributed by atoms with Gasteiger partial charge >= 0.3 is 0 Å². The van der Waals surface area contributed by atoms with Crippen LogP contribution in [0, 0.1) is 17.0 Å². The minimum Gasteiger partial charge on any atom is -0.307 e. The van der Waals surface area contributed by atoms with E-state index in [0.717, 1.165) is 9.88 Å². The van der Waals surface area contributed by atoms with Crippen LogP contribution < -0.4 is 5.32 Å². The van der Waals surface area contributed by atoms with Gasteiger partial charge in [-0.3, -0.25) is 10.1 Å². The Kier molecular flexibility index (Phi) is 4.47. The first-order valence-corrected chi connectivity index (χ1v) is 6.81. The molecule has 0 unspecified atom stereocenters. The standard InChI is InChI=1S/C12H12ClN3O2S/c1-8-15-6-9(19-8)5-14-7-10-11(13)3-2-4-12(10)16(17)18/h2-4,6,14H,5,7H2,1H3. The van der Waals surface area contributed by atoms with Crippen LogP contribution in [0.15, 0.2) is 24.4 Å². The van der Waals surface area contributed by atoms with Gasteiger partial charge in [0, 0.05) is 30.2 Å². The normalized spacial score (nSPS) is 10.6. The lowest BCUT2D eigenvalue weighted by molar-refractivity contribution is -0.385. The summed E-state index contributed by atoms with van der Waals surface area (Å²) >= 11 is 7.60. The zero-order valence-corrected chi connectivity index (χ0v) is 11.8. The van der Waals surface area contributed by atoms with Gasteiger partial charge in [-0.25, -0.2) is 4.98 Å². The number of halogens is 1. The average Bonchev–Trinajstić information content (AvgIpc) is 2.77. The minimum absolute atomic E-state index is 0.0421. The molecule has 1 heterocycles. The molecular weight excluding hydrogens is 286 g/mol. The lowest BCUT2D eigenvalue weighted by Gasteiger charge is -2.06. The molecule has 0 aliphatic rings. The first-order chi connectivity index (χ1) is 9.08. The molecule has 7 heteroatoms. The Balaban J connectivity index is 2.05. The highest BCUT2D eigenvalue weighted by Crippen LogP contribution is 2.26.